The second-order valence-corrected chi connectivity index (χ2v) is 29.9. The number of halogens is 4. The molecule has 14 heteroatoms. The van der Waals surface area contributed by atoms with Crippen LogP contribution in [0.3, 0.4) is 0 Å². The van der Waals surface area contributed by atoms with Gasteiger partial charge in [0, 0.05) is 78.6 Å². The van der Waals surface area contributed by atoms with Crippen molar-refractivity contribution in [3.8, 4) is 22.5 Å². The summed E-state index contributed by atoms with van der Waals surface area (Å²) >= 11 is 24.9. The first-order valence-corrected chi connectivity index (χ1v) is 28.2. The van der Waals surface area contributed by atoms with Crippen LogP contribution in [-0.2, 0) is 22.9 Å². The Bertz CT molecular complexity index is 1740. The van der Waals surface area contributed by atoms with Gasteiger partial charge in [0.1, 0.15) is 25.1 Å². The lowest BCUT2D eigenvalue weighted by Gasteiger charge is -2.24. The van der Waals surface area contributed by atoms with Crippen molar-refractivity contribution in [2.75, 3.05) is 39.4 Å². The summed E-state index contributed by atoms with van der Waals surface area (Å²) in [6.45, 7) is 21.0. The highest BCUT2D eigenvalue weighted by molar-refractivity contribution is 6.76. The predicted octanol–water partition coefficient (Wildman–Crippen LogP) is 11.3. The molecule has 0 saturated carbocycles. The van der Waals surface area contributed by atoms with E-state index in [2.05, 4.69) is 65.2 Å². The van der Waals surface area contributed by atoms with Gasteiger partial charge in [0.25, 0.3) is 0 Å². The van der Waals surface area contributed by atoms with Gasteiger partial charge in [-0.25, -0.2) is 9.97 Å². The van der Waals surface area contributed by atoms with E-state index in [1.165, 1.54) is 6.04 Å². The number of nitrogens with zero attached hydrogens (tertiary/aromatic N) is 4. The molecular weight excluding hydrogens is 794 g/mol. The summed E-state index contributed by atoms with van der Waals surface area (Å²) in [4.78, 5) is 9.74. The molecule has 0 unspecified atom stereocenters. The van der Waals surface area contributed by atoms with Crippen molar-refractivity contribution < 1.29 is 9.47 Å². The fraction of sp³-hybridized carbons (Fsp3) is 0.550. The van der Waals surface area contributed by atoms with Crippen LogP contribution >= 0.6 is 46.4 Å². The Labute approximate surface area is 344 Å². The van der Waals surface area contributed by atoms with E-state index in [0.717, 1.165) is 105 Å². The number of rotatable bonds is 14. The molecule has 4 aromatic rings. The summed E-state index contributed by atoms with van der Waals surface area (Å²) < 4.78 is 16.5. The molecule has 2 aliphatic heterocycles. The highest BCUT2D eigenvalue weighted by Gasteiger charge is 2.24. The Kier molecular flexibility index (Phi) is 16.2. The molecule has 296 valence electrons. The first-order chi connectivity index (χ1) is 25.6. The molecule has 2 saturated heterocycles. The molecule has 0 atom stereocenters. The molecule has 8 nitrogen and oxygen atoms in total. The predicted molar refractivity (Wildman–Crippen MR) is 233 cm³/mol. The van der Waals surface area contributed by atoms with Crippen molar-refractivity contribution in [1.82, 2.24) is 29.7 Å². The number of ether oxygens (including phenoxy) is 2. The minimum Gasteiger partial charge on any atom is -0.361 e. The summed E-state index contributed by atoms with van der Waals surface area (Å²) in [6, 6.07) is 13.5. The second-order valence-electron chi connectivity index (χ2n) is 16.9. The van der Waals surface area contributed by atoms with Gasteiger partial charge in [0.15, 0.2) is 0 Å². The maximum Gasteiger partial charge on any atom is 0.124 e. The largest absolute Gasteiger partial charge is 0.361 e. The molecule has 2 aromatic carbocycles. The molecule has 0 bridgehead atoms. The van der Waals surface area contributed by atoms with Crippen LogP contribution in [0.1, 0.15) is 49.2 Å². The zero-order valence-electron chi connectivity index (χ0n) is 32.8. The quantitative estimate of drug-likeness (QED) is 0.0972. The Hall–Kier alpha value is -1.71. The summed E-state index contributed by atoms with van der Waals surface area (Å²) in [5.41, 5.74) is 3.85. The third-order valence-electron chi connectivity index (χ3n) is 9.86. The van der Waals surface area contributed by atoms with Crippen LogP contribution in [0.15, 0.2) is 48.8 Å². The van der Waals surface area contributed by atoms with Gasteiger partial charge < -0.3 is 29.2 Å². The topological polar surface area (TPSA) is 78.2 Å². The SMILES string of the molecule is C[Si](C)(C)CCOCn1c(-c2cc(Cl)cc(Cl)c2)cnc1C1CCNCC1.C[Si](C)(C)CCOCn1cc(-c2cc(Cl)cc(Cl)c2)nc1C1CCNCC1. The highest BCUT2D eigenvalue weighted by Crippen LogP contribution is 2.33. The first-order valence-electron chi connectivity index (χ1n) is 19.3. The number of hydrogen-bond donors (Lipinski definition) is 2. The molecular formula is C40H58Cl4N6O2Si2. The zero-order chi connectivity index (χ0) is 38.9. The van der Waals surface area contributed by atoms with Gasteiger partial charge in [-0.2, -0.15) is 0 Å². The lowest BCUT2D eigenvalue weighted by atomic mass is 9.97. The van der Waals surface area contributed by atoms with Crippen molar-refractivity contribution in [2.24, 2.45) is 0 Å². The van der Waals surface area contributed by atoms with E-state index in [-0.39, 0.29) is 0 Å². The molecule has 4 heterocycles. The highest BCUT2D eigenvalue weighted by atomic mass is 35.5. The molecule has 0 radical (unpaired) electrons. The summed E-state index contributed by atoms with van der Waals surface area (Å²) in [6.07, 6.45) is 8.40. The number of aromatic nitrogens is 4. The second kappa shape index (κ2) is 20.1. The van der Waals surface area contributed by atoms with Crippen LogP contribution in [0.25, 0.3) is 22.5 Å². The molecule has 2 fully saturated rings. The summed E-state index contributed by atoms with van der Waals surface area (Å²) in [7, 11) is -2.20. The van der Waals surface area contributed by atoms with E-state index in [1.54, 1.807) is 12.1 Å². The van der Waals surface area contributed by atoms with Crippen molar-refractivity contribution in [3.05, 3.63) is 80.5 Å². The summed E-state index contributed by atoms with van der Waals surface area (Å²) in [5.74, 6) is 3.12. The lowest BCUT2D eigenvalue weighted by Crippen LogP contribution is -2.28. The number of nitrogens with one attached hydrogen (secondary N) is 2. The van der Waals surface area contributed by atoms with E-state index in [1.807, 2.05) is 30.5 Å². The maximum absolute atomic E-state index is 6.24. The van der Waals surface area contributed by atoms with Gasteiger partial charge in [-0.1, -0.05) is 85.7 Å². The van der Waals surface area contributed by atoms with Crippen molar-refractivity contribution in [1.29, 1.82) is 0 Å². The Balaban J connectivity index is 0.000000208. The molecule has 2 aromatic heterocycles. The molecule has 0 spiro atoms. The third-order valence-corrected chi connectivity index (χ3v) is 14.1. The minimum absolute atomic E-state index is 0.454. The van der Waals surface area contributed by atoms with Crippen LogP contribution in [-0.4, -0.2) is 74.6 Å². The third kappa shape index (κ3) is 13.5. The van der Waals surface area contributed by atoms with Gasteiger partial charge >= 0.3 is 0 Å². The van der Waals surface area contributed by atoms with Crippen LogP contribution < -0.4 is 10.6 Å². The molecule has 6 rings (SSSR count). The minimum atomic E-state index is -1.11. The smallest absolute Gasteiger partial charge is 0.124 e. The molecule has 2 aliphatic rings. The average molecular weight is 853 g/mol. The lowest BCUT2D eigenvalue weighted by molar-refractivity contribution is 0.0838. The van der Waals surface area contributed by atoms with Crippen LogP contribution in [0.5, 0.6) is 0 Å². The Morgan fingerprint density at radius 2 is 1.11 bits per heavy atom. The first kappa shape index (κ1) is 43.4. The molecule has 2 N–H and O–H groups in total. The monoisotopic (exact) mass is 850 g/mol. The van der Waals surface area contributed by atoms with Gasteiger partial charge in [0.2, 0.25) is 0 Å². The van der Waals surface area contributed by atoms with Gasteiger partial charge in [-0.05, 0) is 100 Å². The molecule has 54 heavy (non-hydrogen) atoms. The van der Waals surface area contributed by atoms with Gasteiger partial charge in [0.05, 0.1) is 17.6 Å². The fourth-order valence-electron chi connectivity index (χ4n) is 6.72. The Morgan fingerprint density at radius 3 is 1.61 bits per heavy atom. The van der Waals surface area contributed by atoms with Crippen molar-refractivity contribution in [2.45, 2.75) is 102 Å². The van der Waals surface area contributed by atoms with Crippen molar-refractivity contribution in [3.63, 3.8) is 0 Å². The molecule has 0 aliphatic carbocycles. The van der Waals surface area contributed by atoms with Gasteiger partial charge in [-0.3, -0.25) is 0 Å². The molecule has 0 amide bonds. The van der Waals surface area contributed by atoms with E-state index in [9.17, 15) is 0 Å². The maximum atomic E-state index is 6.24. The van der Waals surface area contributed by atoms with Crippen molar-refractivity contribution >= 4 is 62.6 Å². The van der Waals surface area contributed by atoms with Gasteiger partial charge in [-0.15, -0.1) is 0 Å². The van der Waals surface area contributed by atoms with Crippen LogP contribution in [0, 0.1) is 0 Å². The normalized spacial score (nSPS) is 16.0. The van der Waals surface area contributed by atoms with E-state index < -0.39 is 16.1 Å². The fourth-order valence-corrected chi connectivity index (χ4v) is 9.29. The number of piperidine rings is 2. The van der Waals surface area contributed by atoms with E-state index in [4.69, 9.17) is 65.8 Å². The standard InChI is InChI=1S/2C20H29Cl2N3OSi/c1-27(2,3)9-8-26-14-25-13-19(16-10-17(21)12-18(22)11-16)24-20(25)15-4-6-23-7-5-15;1-27(2,3)9-8-26-14-25-19(16-10-17(21)12-18(22)11-16)13-24-20(25)15-4-6-23-7-5-15/h2*10-13,15,23H,4-9,14H2,1-3H3. The zero-order valence-corrected chi connectivity index (χ0v) is 37.8. The summed E-state index contributed by atoms with van der Waals surface area (Å²) in [5, 5.41) is 9.37. The van der Waals surface area contributed by atoms with Crippen LogP contribution in [0.2, 0.25) is 71.5 Å². The number of hydrogen-bond acceptors (Lipinski definition) is 6. The van der Waals surface area contributed by atoms with E-state index in [0.29, 0.717) is 45.4 Å². The Morgan fingerprint density at radius 1 is 0.648 bits per heavy atom. The van der Waals surface area contributed by atoms with Crippen LogP contribution in [0.4, 0.5) is 0 Å². The van der Waals surface area contributed by atoms with E-state index >= 15 is 0 Å². The number of benzene rings is 2. The average Bonchev–Trinajstić information content (AvgIpc) is 3.73. The number of imidazole rings is 2.